The second kappa shape index (κ2) is 6.79. The number of amides is 1. The summed E-state index contributed by atoms with van der Waals surface area (Å²) in [6.07, 6.45) is 2.39. The maximum atomic E-state index is 12.3. The van der Waals surface area contributed by atoms with Crippen LogP contribution in [0.4, 0.5) is 5.69 Å². The van der Waals surface area contributed by atoms with Gasteiger partial charge < -0.3 is 5.32 Å². The first-order chi connectivity index (χ1) is 9.47. The van der Waals surface area contributed by atoms with Gasteiger partial charge >= 0.3 is 0 Å². The lowest BCUT2D eigenvalue weighted by molar-refractivity contribution is -0.121. The SMILES string of the molecule is C[C@@H]1CCCN([C@@H](C)C(=O)Nc2cc(Cl)ccc2Cl)C1. The van der Waals surface area contributed by atoms with E-state index >= 15 is 0 Å². The van der Waals surface area contributed by atoms with Crippen LogP contribution in [0.15, 0.2) is 18.2 Å². The normalized spacial score (nSPS) is 21.5. The fourth-order valence-corrected chi connectivity index (χ4v) is 2.91. The summed E-state index contributed by atoms with van der Waals surface area (Å²) in [5.74, 6) is 0.608. The predicted molar refractivity (Wildman–Crippen MR) is 84.5 cm³/mol. The number of carbonyl (C=O) groups is 1. The Labute approximate surface area is 130 Å². The van der Waals surface area contributed by atoms with Crippen LogP contribution in [0.25, 0.3) is 0 Å². The Morgan fingerprint density at radius 1 is 1.45 bits per heavy atom. The molecule has 1 aromatic carbocycles. The number of carbonyl (C=O) groups excluding carboxylic acids is 1. The van der Waals surface area contributed by atoms with E-state index in [0.29, 0.717) is 21.7 Å². The summed E-state index contributed by atoms with van der Waals surface area (Å²) >= 11 is 12.0. The van der Waals surface area contributed by atoms with Gasteiger partial charge in [-0.2, -0.15) is 0 Å². The lowest BCUT2D eigenvalue weighted by Crippen LogP contribution is -2.46. The summed E-state index contributed by atoms with van der Waals surface area (Å²) in [4.78, 5) is 14.6. The lowest BCUT2D eigenvalue weighted by atomic mass is 9.99. The number of likely N-dealkylation sites (tertiary alicyclic amines) is 1. The molecule has 1 heterocycles. The Kier molecular flexibility index (Phi) is 5.30. The van der Waals surface area contributed by atoms with Gasteiger partial charge in [-0.15, -0.1) is 0 Å². The maximum Gasteiger partial charge on any atom is 0.241 e. The van der Waals surface area contributed by atoms with Gasteiger partial charge in [0.05, 0.1) is 16.8 Å². The van der Waals surface area contributed by atoms with Crippen molar-refractivity contribution in [1.82, 2.24) is 4.90 Å². The summed E-state index contributed by atoms with van der Waals surface area (Å²) in [6.45, 7) is 6.11. The molecule has 0 saturated carbocycles. The first-order valence-corrected chi connectivity index (χ1v) is 7.73. The van der Waals surface area contributed by atoms with Crippen molar-refractivity contribution in [1.29, 1.82) is 0 Å². The average molecular weight is 315 g/mol. The Bertz CT molecular complexity index is 493. The fourth-order valence-electron chi connectivity index (χ4n) is 2.57. The van der Waals surface area contributed by atoms with E-state index in [1.165, 1.54) is 6.42 Å². The molecule has 0 unspecified atom stereocenters. The molecule has 1 amide bonds. The summed E-state index contributed by atoms with van der Waals surface area (Å²) in [5.41, 5.74) is 0.570. The van der Waals surface area contributed by atoms with Crippen LogP contribution in [-0.2, 0) is 4.79 Å². The monoisotopic (exact) mass is 314 g/mol. The third-order valence-electron chi connectivity index (χ3n) is 3.80. The van der Waals surface area contributed by atoms with Crippen LogP contribution in [0.2, 0.25) is 10.0 Å². The highest BCUT2D eigenvalue weighted by Crippen LogP contribution is 2.26. The molecule has 20 heavy (non-hydrogen) atoms. The van der Waals surface area contributed by atoms with Gasteiger partial charge in [-0.1, -0.05) is 30.1 Å². The molecule has 1 aliphatic rings. The van der Waals surface area contributed by atoms with Gasteiger partial charge in [-0.25, -0.2) is 0 Å². The molecule has 1 aliphatic heterocycles. The van der Waals surface area contributed by atoms with Gasteiger partial charge in [0, 0.05) is 11.6 Å². The first-order valence-electron chi connectivity index (χ1n) is 6.97. The molecular formula is C15H20Cl2N2O. The molecule has 110 valence electrons. The number of nitrogens with one attached hydrogen (secondary N) is 1. The van der Waals surface area contributed by atoms with Crippen molar-refractivity contribution in [2.24, 2.45) is 5.92 Å². The molecule has 3 nitrogen and oxygen atoms in total. The van der Waals surface area contributed by atoms with E-state index in [0.717, 1.165) is 19.5 Å². The van der Waals surface area contributed by atoms with Crippen molar-refractivity contribution in [2.45, 2.75) is 32.7 Å². The predicted octanol–water partition coefficient (Wildman–Crippen LogP) is 4.05. The van der Waals surface area contributed by atoms with Gasteiger partial charge in [0.25, 0.3) is 0 Å². The van der Waals surface area contributed by atoms with Gasteiger partial charge in [0.2, 0.25) is 5.91 Å². The highest BCUT2D eigenvalue weighted by atomic mass is 35.5. The summed E-state index contributed by atoms with van der Waals surface area (Å²) in [5, 5.41) is 3.93. The summed E-state index contributed by atoms with van der Waals surface area (Å²) in [6, 6.07) is 4.91. The number of piperidine rings is 1. The summed E-state index contributed by atoms with van der Waals surface area (Å²) in [7, 11) is 0. The second-order valence-corrected chi connectivity index (χ2v) is 6.38. The number of nitrogens with zero attached hydrogens (tertiary/aromatic N) is 1. The molecular weight excluding hydrogens is 295 g/mol. The third kappa shape index (κ3) is 3.87. The topological polar surface area (TPSA) is 32.3 Å². The minimum absolute atomic E-state index is 0.0386. The van der Waals surface area contributed by atoms with Gasteiger partial charge in [-0.3, -0.25) is 9.69 Å². The zero-order valence-electron chi connectivity index (χ0n) is 11.8. The van der Waals surface area contributed by atoms with Crippen molar-refractivity contribution in [3.05, 3.63) is 28.2 Å². The lowest BCUT2D eigenvalue weighted by Gasteiger charge is -2.34. The van der Waals surface area contributed by atoms with Crippen molar-refractivity contribution in [3.63, 3.8) is 0 Å². The number of rotatable bonds is 3. The number of hydrogen-bond acceptors (Lipinski definition) is 2. The molecule has 0 aliphatic carbocycles. The zero-order chi connectivity index (χ0) is 14.7. The third-order valence-corrected chi connectivity index (χ3v) is 4.37. The minimum Gasteiger partial charge on any atom is -0.323 e. The highest BCUT2D eigenvalue weighted by Gasteiger charge is 2.25. The van der Waals surface area contributed by atoms with Crippen LogP contribution in [0.1, 0.15) is 26.7 Å². The average Bonchev–Trinajstić information content (AvgIpc) is 2.42. The van der Waals surface area contributed by atoms with Crippen LogP contribution in [-0.4, -0.2) is 29.9 Å². The van der Waals surface area contributed by atoms with Crippen LogP contribution < -0.4 is 5.32 Å². The minimum atomic E-state index is -0.159. The molecule has 1 saturated heterocycles. The van der Waals surface area contributed by atoms with Crippen molar-refractivity contribution in [3.8, 4) is 0 Å². The van der Waals surface area contributed by atoms with Gasteiger partial charge in [-0.05, 0) is 50.4 Å². The molecule has 2 atom stereocenters. The van der Waals surface area contributed by atoms with Crippen molar-refractivity contribution >= 4 is 34.8 Å². The van der Waals surface area contributed by atoms with Crippen molar-refractivity contribution in [2.75, 3.05) is 18.4 Å². The molecule has 1 fully saturated rings. The first kappa shape index (κ1) is 15.6. The number of halogens is 2. The fraction of sp³-hybridized carbons (Fsp3) is 0.533. The van der Waals surface area contributed by atoms with E-state index in [9.17, 15) is 4.79 Å². The van der Waals surface area contributed by atoms with Crippen LogP contribution >= 0.6 is 23.2 Å². The Morgan fingerprint density at radius 3 is 2.90 bits per heavy atom. The molecule has 1 aromatic rings. The molecule has 2 rings (SSSR count). The van der Waals surface area contributed by atoms with E-state index in [1.54, 1.807) is 18.2 Å². The second-order valence-electron chi connectivity index (χ2n) is 5.53. The van der Waals surface area contributed by atoms with Crippen molar-refractivity contribution < 1.29 is 4.79 Å². The van der Waals surface area contributed by atoms with E-state index in [4.69, 9.17) is 23.2 Å². The Hall–Kier alpha value is -0.770. The molecule has 5 heteroatoms. The molecule has 0 bridgehead atoms. The molecule has 0 aromatic heterocycles. The van der Waals surface area contributed by atoms with E-state index in [2.05, 4.69) is 17.1 Å². The number of benzene rings is 1. The highest BCUT2D eigenvalue weighted by molar-refractivity contribution is 6.35. The number of anilines is 1. The quantitative estimate of drug-likeness (QED) is 0.912. The molecule has 0 radical (unpaired) electrons. The standard InChI is InChI=1S/C15H20Cl2N2O/c1-10-4-3-7-19(9-10)11(2)15(20)18-14-8-12(16)5-6-13(14)17/h5-6,8,10-11H,3-4,7,9H2,1-2H3,(H,18,20)/t10-,11+/m1/s1. The van der Waals surface area contributed by atoms with E-state index in [-0.39, 0.29) is 11.9 Å². The molecule has 0 spiro atoms. The maximum absolute atomic E-state index is 12.3. The zero-order valence-corrected chi connectivity index (χ0v) is 13.3. The number of hydrogen-bond donors (Lipinski definition) is 1. The van der Waals surface area contributed by atoms with Gasteiger partial charge in [0.15, 0.2) is 0 Å². The van der Waals surface area contributed by atoms with Gasteiger partial charge in [0.1, 0.15) is 0 Å². The Balaban J connectivity index is 2.02. The van der Waals surface area contributed by atoms with Crippen LogP contribution in [0, 0.1) is 5.92 Å². The Morgan fingerprint density at radius 2 is 2.20 bits per heavy atom. The van der Waals surface area contributed by atoms with E-state index in [1.807, 2.05) is 6.92 Å². The molecule has 1 N–H and O–H groups in total. The summed E-state index contributed by atoms with van der Waals surface area (Å²) < 4.78 is 0. The van der Waals surface area contributed by atoms with E-state index < -0.39 is 0 Å². The largest absolute Gasteiger partial charge is 0.323 e. The smallest absolute Gasteiger partial charge is 0.241 e. The van der Waals surface area contributed by atoms with Crippen LogP contribution in [0.3, 0.4) is 0 Å². The van der Waals surface area contributed by atoms with Crippen LogP contribution in [0.5, 0.6) is 0 Å².